The lowest BCUT2D eigenvalue weighted by atomic mass is 10.0. The molecule has 0 aliphatic rings. The second kappa shape index (κ2) is 8.81. The van der Waals surface area contributed by atoms with Gasteiger partial charge in [-0.3, -0.25) is 0 Å². The van der Waals surface area contributed by atoms with Crippen LogP contribution in [0.15, 0.2) is 18.2 Å². The standard InChI is InChI=1S/C16H27NO2/c1-5-13(6-2)12-17-10-9-14-7-8-15(18-3)16(11-14)19-4/h7-8,11,13,17H,5-6,9-10,12H2,1-4H3. The Labute approximate surface area is 117 Å². The summed E-state index contributed by atoms with van der Waals surface area (Å²) in [6.07, 6.45) is 3.51. The van der Waals surface area contributed by atoms with Crippen LogP contribution in [0.4, 0.5) is 0 Å². The number of rotatable bonds is 9. The molecule has 0 heterocycles. The van der Waals surface area contributed by atoms with Crippen LogP contribution in [0.5, 0.6) is 11.5 Å². The van der Waals surface area contributed by atoms with Crippen LogP contribution < -0.4 is 14.8 Å². The van der Waals surface area contributed by atoms with E-state index in [1.165, 1.54) is 18.4 Å². The van der Waals surface area contributed by atoms with Gasteiger partial charge in [0.25, 0.3) is 0 Å². The fraction of sp³-hybridized carbons (Fsp3) is 0.625. The topological polar surface area (TPSA) is 30.5 Å². The van der Waals surface area contributed by atoms with Crippen LogP contribution in [0.3, 0.4) is 0 Å². The third kappa shape index (κ3) is 5.11. The molecule has 1 N–H and O–H groups in total. The lowest BCUT2D eigenvalue weighted by Crippen LogP contribution is -2.24. The highest BCUT2D eigenvalue weighted by molar-refractivity contribution is 5.42. The van der Waals surface area contributed by atoms with Gasteiger partial charge >= 0.3 is 0 Å². The molecule has 0 atom stereocenters. The number of methoxy groups -OCH3 is 2. The van der Waals surface area contributed by atoms with Crippen molar-refractivity contribution in [3.05, 3.63) is 23.8 Å². The van der Waals surface area contributed by atoms with Crippen LogP contribution in [-0.2, 0) is 6.42 Å². The van der Waals surface area contributed by atoms with E-state index in [-0.39, 0.29) is 0 Å². The van der Waals surface area contributed by atoms with Gasteiger partial charge in [-0.15, -0.1) is 0 Å². The van der Waals surface area contributed by atoms with E-state index in [1.807, 2.05) is 6.07 Å². The van der Waals surface area contributed by atoms with Crippen LogP contribution in [0.25, 0.3) is 0 Å². The fourth-order valence-electron chi connectivity index (χ4n) is 2.15. The van der Waals surface area contributed by atoms with Gasteiger partial charge in [0.15, 0.2) is 11.5 Å². The van der Waals surface area contributed by atoms with E-state index in [0.29, 0.717) is 0 Å². The first-order valence-electron chi connectivity index (χ1n) is 7.16. The number of nitrogens with one attached hydrogen (secondary N) is 1. The molecule has 1 rings (SSSR count). The third-order valence-corrected chi connectivity index (χ3v) is 3.63. The van der Waals surface area contributed by atoms with Crippen LogP contribution in [0.2, 0.25) is 0 Å². The van der Waals surface area contributed by atoms with Crippen molar-refractivity contribution in [1.82, 2.24) is 5.32 Å². The summed E-state index contributed by atoms with van der Waals surface area (Å²) in [7, 11) is 3.34. The van der Waals surface area contributed by atoms with Gasteiger partial charge in [-0.2, -0.15) is 0 Å². The lowest BCUT2D eigenvalue weighted by Gasteiger charge is -2.13. The quantitative estimate of drug-likeness (QED) is 0.695. The zero-order valence-electron chi connectivity index (χ0n) is 12.7. The van der Waals surface area contributed by atoms with Crippen molar-refractivity contribution in [3.63, 3.8) is 0 Å². The Balaban J connectivity index is 2.41. The zero-order chi connectivity index (χ0) is 14.1. The summed E-state index contributed by atoms with van der Waals surface area (Å²) >= 11 is 0. The molecule has 0 spiro atoms. The Morgan fingerprint density at radius 1 is 1.05 bits per heavy atom. The Bertz CT molecular complexity index is 362. The first kappa shape index (κ1) is 15.8. The molecule has 3 nitrogen and oxygen atoms in total. The van der Waals surface area contributed by atoms with Gasteiger partial charge < -0.3 is 14.8 Å². The normalized spacial score (nSPS) is 10.8. The first-order valence-corrected chi connectivity index (χ1v) is 7.16. The number of ether oxygens (including phenoxy) is 2. The minimum absolute atomic E-state index is 0.788. The van der Waals surface area contributed by atoms with E-state index in [1.54, 1.807) is 14.2 Å². The lowest BCUT2D eigenvalue weighted by molar-refractivity contribution is 0.354. The SMILES string of the molecule is CCC(CC)CNCCc1ccc(OC)c(OC)c1. The molecule has 1 aromatic carbocycles. The summed E-state index contributed by atoms with van der Waals surface area (Å²) in [5.41, 5.74) is 1.27. The van der Waals surface area contributed by atoms with Gasteiger partial charge in [0.05, 0.1) is 14.2 Å². The smallest absolute Gasteiger partial charge is 0.160 e. The Kier molecular flexibility index (Phi) is 7.34. The minimum atomic E-state index is 0.788. The van der Waals surface area contributed by atoms with E-state index in [2.05, 4.69) is 31.3 Å². The predicted octanol–water partition coefficient (Wildman–Crippen LogP) is 3.27. The molecule has 0 bridgehead atoms. The third-order valence-electron chi connectivity index (χ3n) is 3.63. The van der Waals surface area contributed by atoms with Gasteiger partial charge in [0.2, 0.25) is 0 Å². The van der Waals surface area contributed by atoms with Gasteiger partial charge in [-0.1, -0.05) is 32.8 Å². The van der Waals surface area contributed by atoms with Crippen LogP contribution in [0.1, 0.15) is 32.3 Å². The Hall–Kier alpha value is -1.22. The van der Waals surface area contributed by atoms with Gasteiger partial charge in [-0.05, 0) is 43.1 Å². The molecule has 0 aliphatic heterocycles. The van der Waals surface area contributed by atoms with Crippen molar-refractivity contribution in [2.45, 2.75) is 33.1 Å². The van der Waals surface area contributed by atoms with E-state index >= 15 is 0 Å². The summed E-state index contributed by atoms with van der Waals surface area (Å²) < 4.78 is 10.5. The molecule has 0 fully saturated rings. The van der Waals surface area contributed by atoms with E-state index in [0.717, 1.165) is 36.9 Å². The summed E-state index contributed by atoms with van der Waals surface area (Å²) in [5.74, 6) is 2.39. The molecule has 19 heavy (non-hydrogen) atoms. The number of hydrogen-bond donors (Lipinski definition) is 1. The van der Waals surface area contributed by atoms with Crippen LogP contribution >= 0.6 is 0 Å². The van der Waals surface area contributed by atoms with Crippen molar-refractivity contribution < 1.29 is 9.47 Å². The maximum atomic E-state index is 5.31. The number of benzene rings is 1. The Morgan fingerprint density at radius 2 is 1.74 bits per heavy atom. The maximum Gasteiger partial charge on any atom is 0.160 e. The zero-order valence-corrected chi connectivity index (χ0v) is 12.7. The fourth-order valence-corrected chi connectivity index (χ4v) is 2.15. The summed E-state index contributed by atoms with van der Waals surface area (Å²) in [6, 6.07) is 6.12. The second-order valence-corrected chi connectivity index (χ2v) is 4.83. The predicted molar refractivity (Wildman–Crippen MR) is 80.2 cm³/mol. The van der Waals surface area contributed by atoms with Gasteiger partial charge in [-0.25, -0.2) is 0 Å². The highest BCUT2D eigenvalue weighted by Gasteiger charge is 2.05. The average molecular weight is 265 g/mol. The van der Waals surface area contributed by atoms with Crippen molar-refractivity contribution in [2.75, 3.05) is 27.3 Å². The monoisotopic (exact) mass is 265 g/mol. The van der Waals surface area contributed by atoms with Crippen LogP contribution in [0, 0.1) is 5.92 Å². The first-order chi connectivity index (χ1) is 9.24. The van der Waals surface area contributed by atoms with Crippen molar-refractivity contribution >= 4 is 0 Å². The number of hydrogen-bond acceptors (Lipinski definition) is 3. The maximum absolute atomic E-state index is 5.31. The summed E-state index contributed by atoms with van der Waals surface area (Å²) in [6.45, 7) is 6.63. The Morgan fingerprint density at radius 3 is 2.32 bits per heavy atom. The highest BCUT2D eigenvalue weighted by atomic mass is 16.5. The molecule has 1 aromatic rings. The molecule has 0 radical (unpaired) electrons. The summed E-state index contributed by atoms with van der Waals surface area (Å²) in [4.78, 5) is 0. The van der Waals surface area contributed by atoms with E-state index < -0.39 is 0 Å². The molecular weight excluding hydrogens is 238 g/mol. The van der Waals surface area contributed by atoms with E-state index in [9.17, 15) is 0 Å². The molecule has 3 heteroatoms. The molecule has 0 saturated heterocycles. The molecule has 0 amide bonds. The van der Waals surface area contributed by atoms with Crippen molar-refractivity contribution in [1.29, 1.82) is 0 Å². The molecule has 0 aromatic heterocycles. The van der Waals surface area contributed by atoms with Gasteiger partial charge in [0, 0.05) is 0 Å². The van der Waals surface area contributed by atoms with Crippen LogP contribution in [-0.4, -0.2) is 27.3 Å². The molecule has 108 valence electrons. The largest absolute Gasteiger partial charge is 0.493 e. The van der Waals surface area contributed by atoms with Gasteiger partial charge in [0.1, 0.15) is 0 Å². The average Bonchev–Trinajstić information content (AvgIpc) is 2.47. The van der Waals surface area contributed by atoms with Crippen molar-refractivity contribution in [3.8, 4) is 11.5 Å². The molecular formula is C16H27NO2. The second-order valence-electron chi connectivity index (χ2n) is 4.83. The minimum Gasteiger partial charge on any atom is -0.493 e. The van der Waals surface area contributed by atoms with E-state index in [4.69, 9.17) is 9.47 Å². The highest BCUT2D eigenvalue weighted by Crippen LogP contribution is 2.27. The molecule has 0 unspecified atom stereocenters. The van der Waals surface area contributed by atoms with Crippen molar-refractivity contribution in [2.24, 2.45) is 5.92 Å². The summed E-state index contributed by atoms with van der Waals surface area (Å²) in [5, 5.41) is 3.53. The molecule has 0 aliphatic carbocycles. The molecule has 0 saturated carbocycles.